The zero-order chi connectivity index (χ0) is 14.7. The van der Waals surface area contributed by atoms with Gasteiger partial charge >= 0.3 is 0 Å². The molecule has 6 heteroatoms. The molecule has 0 aliphatic heterocycles. The van der Waals surface area contributed by atoms with Gasteiger partial charge in [-0.05, 0) is 41.4 Å². The van der Waals surface area contributed by atoms with Crippen LogP contribution in [-0.4, -0.2) is 15.2 Å². The molecule has 0 atom stereocenters. The van der Waals surface area contributed by atoms with Crippen molar-refractivity contribution in [1.82, 2.24) is 15.2 Å². The van der Waals surface area contributed by atoms with Gasteiger partial charge in [0.1, 0.15) is 0 Å². The molecule has 3 rings (SSSR count). The molecule has 0 radical (unpaired) electrons. The standard InChI is InChI=1S/C15H16N4OS/c1-10(2)11-6-3-4-7-12(11)16-14-17-15(19-18-14)21-13-8-5-9-20-13/h3-10H,1-2H3,(H2,16,17,18,19). The van der Waals surface area contributed by atoms with E-state index in [1.54, 1.807) is 6.26 Å². The highest BCUT2D eigenvalue weighted by Gasteiger charge is 2.10. The lowest BCUT2D eigenvalue weighted by atomic mass is 10.0. The van der Waals surface area contributed by atoms with Crippen LogP contribution in [0, 0.1) is 0 Å². The van der Waals surface area contributed by atoms with Crippen LogP contribution in [0.2, 0.25) is 0 Å². The molecule has 3 aromatic rings. The van der Waals surface area contributed by atoms with Gasteiger partial charge < -0.3 is 9.73 Å². The van der Waals surface area contributed by atoms with Crippen molar-refractivity contribution in [1.29, 1.82) is 0 Å². The number of anilines is 2. The van der Waals surface area contributed by atoms with Crippen LogP contribution in [0.4, 0.5) is 11.6 Å². The second-order valence-electron chi connectivity index (χ2n) is 4.87. The Morgan fingerprint density at radius 1 is 1.19 bits per heavy atom. The van der Waals surface area contributed by atoms with Gasteiger partial charge in [0, 0.05) is 5.69 Å². The van der Waals surface area contributed by atoms with E-state index in [1.165, 1.54) is 17.3 Å². The van der Waals surface area contributed by atoms with Gasteiger partial charge in [-0.15, -0.1) is 5.10 Å². The van der Waals surface area contributed by atoms with Crippen molar-refractivity contribution in [3.8, 4) is 0 Å². The molecule has 0 fully saturated rings. The lowest BCUT2D eigenvalue weighted by Crippen LogP contribution is -1.98. The summed E-state index contributed by atoms with van der Waals surface area (Å²) in [6.07, 6.45) is 1.63. The van der Waals surface area contributed by atoms with Crippen LogP contribution in [0.15, 0.2) is 57.3 Å². The summed E-state index contributed by atoms with van der Waals surface area (Å²) in [5, 5.41) is 11.7. The Kier molecular flexibility index (Phi) is 3.96. The van der Waals surface area contributed by atoms with Gasteiger partial charge in [0.15, 0.2) is 5.09 Å². The van der Waals surface area contributed by atoms with Crippen molar-refractivity contribution < 1.29 is 4.42 Å². The third-order valence-electron chi connectivity index (χ3n) is 2.99. The summed E-state index contributed by atoms with van der Waals surface area (Å²) in [7, 11) is 0. The van der Waals surface area contributed by atoms with Gasteiger partial charge in [-0.2, -0.15) is 4.98 Å². The number of hydrogen-bond acceptors (Lipinski definition) is 5. The molecule has 0 spiro atoms. The summed E-state index contributed by atoms with van der Waals surface area (Å²) >= 11 is 1.38. The first-order valence-electron chi connectivity index (χ1n) is 6.72. The van der Waals surface area contributed by atoms with Crippen molar-refractivity contribution >= 4 is 23.4 Å². The number of hydrogen-bond donors (Lipinski definition) is 2. The van der Waals surface area contributed by atoms with Gasteiger partial charge in [0.05, 0.1) is 6.26 Å². The van der Waals surface area contributed by atoms with Gasteiger partial charge in [-0.3, -0.25) is 0 Å². The van der Waals surface area contributed by atoms with E-state index >= 15 is 0 Å². The third kappa shape index (κ3) is 3.28. The molecule has 2 heterocycles. The Hall–Kier alpha value is -2.21. The fourth-order valence-corrected chi connectivity index (χ4v) is 2.66. The van der Waals surface area contributed by atoms with E-state index in [0.29, 0.717) is 17.0 Å². The van der Waals surface area contributed by atoms with Crippen LogP contribution in [0.1, 0.15) is 25.3 Å². The minimum Gasteiger partial charge on any atom is -0.458 e. The summed E-state index contributed by atoms with van der Waals surface area (Å²) in [5.74, 6) is 1.06. The fraction of sp³-hybridized carbons (Fsp3) is 0.200. The number of furan rings is 1. The first-order chi connectivity index (χ1) is 10.2. The summed E-state index contributed by atoms with van der Waals surface area (Å²) in [6, 6.07) is 11.9. The Balaban J connectivity index is 1.75. The maximum Gasteiger partial charge on any atom is 0.224 e. The quantitative estimate of drug-likeness (QED) is 0.730. The zero-order valence-electron chi connectivity index (χ0n) is 11.8. The van der Waals surface area contributed by atoms with E-state index in [2.05, 4.69) is 40.4 Å². The first-order valence-corrected chi connectivity index (χ1v) is 7.54. The summed E-state index contributed by atoms with van der Waals surface area (Å²) < 4.78 is 5.26. The largest absolute Gasteiger partial charge is 0.458 e. The van der Waals surface area contributed by atoms with Crippen LogP contribution < -0.4 is 5.32 Å². The number of aromatic amines is 1. The van der Waals surface area contributed by atoms with E-state index in [-0.39, 0.29) is 0 Å². The second-order valence-corrected chi connectivity index (χ2v) is 5.84. The van der Waals surface area contributed by atoms with E-state index in [0.717, 1.165) is 10.8 Å². The average Bonchev–Trinajstić information content (AvgIpc) is 3.12. The topological polar surface area (TPSA) is 66.7 Å². The van der Waals surface area contributed by atoms with Gasteiger partial charge in [-0.1, -0.05) is 32.0 Å². The highest BCUT2D eigenvalue weighted by atomic mass is 32.2. The van der Waals surface area contributed by atoms with Crippen molar-refractivity contribution in [2.75, 3.05) is 5.32 Å². The van der Waals surface area contributed by atoms with Gasteiger partial charge in [0.25, 0.3) is 0 Å². The number of aromatic nitrogens is 3. The van der Waals surface area contributed by atoms with E-state index < -0.39 is 0 Å². The van der Waals surface area contributed by atoms with Crippen LogP contribution >= 0.6 is 11.8 Å². The molecule has 0 saturated carbocycles. The monoisotopic (exact) mass is 300 g/mol. The molecular weight excluding hydrogens is 284 g/mol. The number of H-pyrrole nitrogens is 1. The highest BCUT2D eigenvalue weighted by Crippen LogP contribution is 2.28. The molecule has 0 saturated heterocycles. The zero-order valence-corrected chi connectivity index (χ0v) is 12.6. The number of para-hydroxylation sites is 1. The fourth-order valence-electron chi connectivity index (χ4n) is 2.00. The Morgan fingerprint density at radius 2 is 2.05 bits per heavy atom. The second kappa shape index (κ2) is 6.05. The third-order valence-corrected chi connectivity index (χ3v) is 3.79. The molecule has 0 aliphatic carbocycles. The molecule has 2 aromatic heterocycles. The van der Waals surface area contributed by atoms with Crippen LogP contribution in [-0.2, 0) is 0 Å². The number of nitrogens with one attached hydrogen (secondary N) is 2. The Morgan fingerprint density at radius 3 is 2.81 bits per heavy atom. The van der Waals surface area contributed by atoms with Crippen LogP contribution in [0.5, 0.6) is 0 Å². The molecule has 21 heavy (non-hydrogen) atoms. The lowest BCUT2D eigenvalue weighted by molar-refractivity contribution is 0.474. The highest BCUT2D eigenvalue weighted by molar-refractivity contribution is 7.99. The van der Waals surface area contributed by atoms with Crippen LogP contribution in [0.25, 0.3) is 0 Å². The molecule has 5 nitrogen and oxygen atoms in total. The lowest BCUT2D eigenvalue weighted by Gasteiger charge is -2.12. The van der Waals surface area contributed by atoms with Crippen molar-refractivity contribution in [2.45, 2.75) is 30.0 Å². The van der Waals surface area contributed by atoms with Gasteiger partial charge in [-0.25, -0.2) is 5.10 Å². The minimum absolute atomic E-state index is 0.439. The summed E-state index contributed by atoms with van der Waals surface area (Å²) in [4.78, 5) is 4.41. The normalized spacial score (nSPS) is 11.0. The molecule has 1 aromatic carbocycles. The predicted molar refractivity (Wildman–Crippen MR) is 83.0 cm³/mol. The average molecular weight is 300 g/mol. The molecule has 2 N–H and O–H groups in total. The molecule has 108 valence electrons. The van der Waals surface area contributed by atoms with E-state index in [1.807, 2.05) is 30.3 Å². The smallest absolute Gasteiger partial charge is 0.224 e. The molecular formula is C15H16N4OS. The SMILES string of the molecule is CC(C)c1ccccc1Nc1nc(Sc2ccco2)n[nH]1. The van der Waals surface area contributed by atoms with E-state index in [4.69, 9.17) is 4.42 Å². The molecule has 0 amide bonds. The number of rotatable bonds is 5. The predicted octanol–water partition coefficient (Wildman–Crippen LogP) is 4.42. The maximum absolute atomic E-state index is 5.26. The van der Waals surface area contributed by atoms with Crippen molar-refractivity contribution in [3.63, 3.8) is 0 Å². The Bertz CT molecular complexity index is 706. The molecule has 0 unspecified atom stereocenters. The summed E-state index contributed by atoms with van der Waals surface area (Å²) in [5.41, 5.74) is 2.28. The number of nitrogens with zero attached hydrogens (tertiary/aromatic N) is 2. The van der Waals surface area contributed by atoms with Gasteiger partial charge in [0.2, 0.25) is 11.1 Å². The molecule has 0 bridgehead atoms. The number of benzene rings is 1. The molecule has 0 aliphatic rings. The Labute approximate surface area is 127 Å². The van der Waals surface area contributed by atoms with Crippen molar-refractivity contribution in [2.24, 2.45) is 0 Å². The first kappa shape index (κ1) is 13.8. The summed E-state index contributed by atoms with van der Waals surface area (Å²) in [6.45, 7) is 4.33. The van der Waals surface area contributed by atoms with Crippen molar-refractivity contribution in [3.05, 3.63) is 48.2 Å². The maximum atomic E-state index is 5.26. The van der Waals surface area contributed by atoms with E-state index in [9.17, 15) is 0 Å². The minimum atomic E-state index is 0.439. The van der Waals surface area contributed by atoms with Crippen LogP contribution in [0.3, 0.4) is 0 Å².